The highest BCUT2D eigenvalue weighted by Crippen LogP contribution is 2.36. The molecule has 1 heterocycles. The van der Waals surface area contributed by atoms with Crippen LogP contribution in [0.15, 0.2) is 48.5 Å². The van der Waals surface area contributed by atoms with Crippen LogP contribution in [-0.4, -0.2) is 43.7 Å². The zero-order valence-corrected chi connectivity index (χ0v) is 17.6. The summed E-state index contributed by atoms with van der Waals surface area (Å²) < 4.78 is 22.1. The van der Waals surface area contributed by atoms with Gasteiger partial charge in [-0.1, -0.05) is 24.3 Å². The first-order valence-corrected chi connectivity index (χ1v) is 10.0. The third kappa shape index (κ3) is 4.15. The van der Waals surface area contributed by atoms with Gasteiger partial charge in [-0.3, -0.25) is 4.90 Å². The third-order valence-corrected chi connectivity index (χ3v) is 5.25. The maximum Gasteiger partial charge on any atom is 0.231 e. The summed E-state index contributed by atoms with van der Waals surface area (Å²) in [6, 6.07) is 16.0. The fourth-order valence-corrected chi connectivity index (χ4v) is 3.99. The quantitative estimate of drug-likeness (QED) is 0.608. The minimum atomic E-state index is -0.453. The van der Waals surface area contributed by atoms with E-state index in [4.69, 9.17) is 18.9 Å². The molecule has 6 heteroatoms. The molecule has 1 N–H and O–H groups in total. The van der Waals surface area contributed by atoms with Gasteiger partial charge in [-0.25, -0.2) is 0 Å². The van der Waals surface area contributed by atoms with Crippen molar-refractivity contribution in [2.75, 3.05) is 27.6 Å². The number of nitrogens with zero attached hydrogens (tertiary/aromatic N) is 1. The highest BCUT2D eigenvalue weighted by molar-refractivity contribution is 5.95. The van der Waals surface area contributed by atoms with Crippen LogP contribution in [0.3, 0.4) is 0 Å². The Morgan fingerprint density at radius 3 is 2.53 bits per heavy atom. The van der Waals surface area contributed by atoms with Crippen molar-refractivity contribution in [2.24, 2.45) is 0 Å². The van der Waals surface area contributed by atoms with Gasteiger partial charge in [0.15, 0.2) is 11.5 Å². The molecule has 0 aliphatic carbocycles. The van der Waals surface area contributed by atoms with Crippen LogP contribution in [0.4, 0.5) is 0 Å². The van der Waals surface area contributed by atoms with Crippen LogP contribution >= 0.6 is 0 Å². The van der Waals surface area contributed by atoms with E-state index in [1.54, 1.807) is 21.1 Å². The van der Waals surface area contributed by atoms with E-state index in [2.05, 4.69) is 11.0 Å². The van der Waals surface area contributed by atoms with Gasteiger partial charge < -0.3 is 24.1 Å². The molecule has 0 radical (unpaired) electrons. The van der Waals surface area contributed by atoms with E-state index in [0.717, 1.165) is 44.9 Å². The molecular weight excluding hydrogens is 382 g/mol. The molecule has 0 fully saturated rings. The van der Waals surface area contributed by atoms with Gasteiger partial charge >= 0.3 is 0 Å². The summed E-state index contributed by atoms with van der Waals surface area (Å²) in [5.74, 6) is 3.15. The number of benzene rings is 3. The van der Waals surface area contributed by atoms with E-state index in [1.165, 1.54) is 0 Å². The summed E-state index contributed by atoms with van der Waals surface area (Å²) in [4.78, 5) is 2.22. The molecule has 0 saturated heterocycles. The molecule has 1 atom stereocenters. The second-order valence-corrected chi connectivity index (χ2v) is 7.52. The molecule has 158 valence electrons. The Balaban J connectivity index is 1.67. The second-order valence-electron chi connectivity index (χ2n) is 7.52. The van der Waals surface area contributed by atoms with Crippen molar-refractivity contribution in [3.05, 3.63) is 59.7 Å². The Labute approximate surface area is 176 Å². The Bertz CT molecular complexity index is 1030. The van der Waals surface area contributed by atoms with Crippen molar-refractivity contribution < 1.29 is 24.1 Å². The first kappa shape index (κ1) is 20.3. The zero-order chi connectivity index (χ0) is 21.1. The maximum absolute atomic E-state index is 10.1. The highest BCUT2D eigenvalue weighted by Gasteiger charge is 2.18. The van der Waals surface area contributed by atoms with E-state index in [9.17, 15) is 5.11 Å². The minimum absolute atomic E-state index is 0.258. The number of ether oxygens (including phenoxy) is 4. The molecule has 1 aliphatic heterocycles. The summed E-state index contributed by atoms with van der Waals surface area (Å²) in [5, 5.41) is 12.1. The number of rotatable bonds is 8. The fourth-order valence-electron chi connectivity index (χ4n) is 3.99. The Morgan fingerprint density at radius 1 is 0.967 bits per heavy atom. The topological polar surface area (TPSA) is 60.4 Å². The normalized spacial score (nSPS) is 13.6. The SMILES string of the molecule is COc1ccc(CN(Cc2ccc3c(c2)OCO3)CC(C)O)c2c(OC)cccc12. The summed E-state index contributed by atoms with van der Waals surface area (Å²) in [5.41, 5.74) is 2.22. The molecular formula is C24H27NO5. The van der Waals surface area contributed by atoms with E-state index in [0.29, 0.717) is 19.6 Å². The smallest absolute Gasteiger partial charge is 0.231 e. The van der Waals surface area contributed by atoms with Crippen LogP contribution in [-0.2, 0) is 13.1 Å². The van der Waals surface area contributed by atoms with Gasteiger partial charge in [0.05, 0.1) is 20.3 Å². The molecule has 1 unspecified atom stereocenters. The number of fused-ring (bicyclic) bond motifs is 2. The van der Waals surface area contributed by atoms with Crippen molar-refractivity contribution in [1.82, 2.24) is 4.90 Å². The molecule has 30 heavy (non-hydrogen) atoms. The molecule has 1 aliphatic rings. The van der Waals surface area contributed by atoms with Gasteiger partial charge in [-0.05, 0) is 42.3 Å². The number of hydrogen-bond donors (Lipinski definition) is 1. The third-order valence-electron chi connectivity index (χ3n) is 5.25. The van der Waals surface area contributed by atoms with Crippen LogP contribution in [0.25, 0.3) is 10.8 Å². The fraction of sp³-hybridized carbons (Fsp3) is 0.333. The first-order chi connectivity index (χ1) is 14.6. The standard InChI is InChI=1S/C24H27NO5/c1-16(26)12-25(13-17-7-9-21-23(11-17)30-15-29-21)14-18-8-10-20(27-2)19-5-4-6-22(28-3)24(18)19/h4-11,16,26H,12-15H2,1-3H3. The number of aliphatic hydroxyl groups is 1. The van der Waals surface area contributed by atoms with Crippen LogP contribution in [0.1, 0.15) is 18.1 Å². The number of hydrogen-bond acceptors (Lipinski definition) is 6. The summed E-state index contributed by atoms with van der Waals surface area (Å²) in [7, 11) is 3.35. The molecule has 0 saturated carbocycles. The van der Waals surface area contributed by atoms with Gasteiger partial charge in [0.25, 0.3) is 0 Å². The second kappa shape index (κ2) is 8.81. The molecule has 0 aromatic heterocycles. The predicted molar refractivity (Wildman–Crippen MR) is 115 cm³/mol. The van der Waals surface area contributed by atoms with Crippen molar-refractivity contribution in [1.29, 1.82) is 0 Å². The van der Waals surface area contributed by atoms with Crippen LogP contribution in [0.5, 0.6) is 23.0 Å². The lowest BCUT2D eigenvalue weighted by Gasteiger charge is -2.25. The summed E-state index contributed by atoms with van der Waals surface area (Å²) in [6.07, 6.45) is -0.453. The average Bonchev–Trinajstić information content (AvgIpc) is 3.21. The molecule has 3 aromatic rings. The largest absolute Gasteiger partial charge is 0.496 e. The van der Waals surface area contributed by atoms with Gasteiger partial charge in [0, 0.05) is 30.4 Å². The predicted octanol–water partition coefficient (Wildman–Crippen LogP) is 3.97. The van der Waals surface area contributed by atoms with Crippen molar-refractivity contribution >= 4 is 10.8 Å². The van der Waals surface area contributed by atoms with Gasteiger partial charge in [0.1, 0.15) is 11.5 Å². The molecule has 0 amide bonds. The molecule has 0 spiro atoms. The summed E-state index contributed by atoms with van der Waals surface area (Å²) >= 11 is 0. The van der Waals surface area contributed by atoms with Crippen LogP contribution < -0.4 is 18.9 Å². The average molecular weight is 409 g/mol. The van der Waals surface area contributed by atoms with Gasteiger partial charge in [-0.15, -0.1) is 0 Å². The zero-order valence-electron chi connectivity index (χ0n) is 17.6. The molecule has 4 rings (SSSR count). The maximum atomic E-state index is 10.1. The van der Waals surface area contributed by atoms with Crippen LogP contribution in [0.2, 0.25) is 0 Å². The Hall–Kier alpha value is -2.96. The number of methoxy groups -OCH3 is 2. The molecule has 0 bridgehead atoms. The van der Waals surface area contributed by atoms with E-state index in [-0.39, 0.29) is 6.79 Å². The highest BCUT2D eigenvalue weighted by atomic mass is 16.7. The van der Waals surface area contributed by atoms with Crippen molar-refractivity contribution in [3.8, 4) is 23.0 Å². The number of aliphatic hydroxyl groups excluding tert-OH is 1. The molecule has 3 aromatic carbocycles. The van der Waals surface area contributed by atoms with E-state index >= 15 is 0 Å². The monoisotopic (exact) mass is 409 g/mol. The van der Waals surface area contributed by atoms with Gasteiger partial charge in [0.2, 0.25) is 6.79 Å². The Kier molecular flexibility index (Phi) is 5.97. The van der Waals surface area contributed by atoms with Gasteiger partial charge in [-0.2, -0.15) is 0 Å². The van der Waals surface area contributed by atoms with Crippen molar-refractivity contribution in [2.45, 2.75) is 26.1 Å². The lowest BCUT2D eigenvalue weighted by atomic mass is 10.0. The Morgan fingerprint density at radius 2 is 1.77 bits per heavy atom. The lowest BCUT2D eigenvalue weighted by Crippen LogP contribution is -2.30. The lowest BCUT2D eigenvalue weighted by molar-refractivity contribution is 0.118. The molecule has 6 nitrogen and oxygen atoms in total. The summed E-state index contributed by atoms with van der Waals surface area (Å²) in [6.45, 7) is 3.93. The van der Waals surface area contributed by atoms with Crippen LogP contribution in [0, 0.1) is 0 Å². The first-order valence-electron chi connectivity index (χ1n) is 10.0. The van der Waals surface area contributed by atoms with E-state index in [1.807, 2.05) is 42.5 Å². The van der Waals surface area contributed by atoms with Crippen molar-refractivity contribution in [3.63, 3.8) is 0 Å². The van der Waals surface area contributed by atoms with E-state index < -0.39 is 6.10 Å². The minimum Gasteiger partial charge on any atom is -0.496 e.